The van der Waals surface area contributed by atoms with Crippen LogP contribution in [0.15, 0.2) is 12.3 Å². The number of nitrogens with zero attached hydrogens (tertiary/aromatic N) is 2. The molecule has 1 rings (SSSR count). The monoisotopic (exact) mass is 254 g/mol. The molecule has 18 heavy (non-hydrogen) atoms. The number of hydrogen-bond acceptors (Lipinski definition) is 3. The molecule has 0 radical (unpaired) electrons. The fourth-order valence-corrected chi connectivity index (χ4v) is 1.47. The molecule has 0 bridgehead atoms. The van der Waals surface area contributed by atoms with E-state index in [0.717, 1.165) is 6.20 Å². The van der Waals surface area contributed by atoms with Crippen molar-refractivity contribution in [3.8, 4) is 0 Å². The average Bonchev–Trinajstić information content (AvgIpc) is 2.31. The van der Waals surface area contributed by atoms with Gasteiger partial charge < -0.3 is 10.0 Å². The van der Waals surface area contributed by atoms with Crippen molar-refractivity contribution in [1.82, 2.24) is 9.88 Å². The van der Waals surface area contributed by atoms with Crippen molar-refractivity contribution in [2.45, 2.75) is 13.8 Å². The molecule has 6 heteroatoms. The quantitative estimate of drug-likeness (QED) is 0.823. The van der Waals surface area contributed by atoms with E-state index in [2.05, 4.69) is 4.98 Å². The third-order valence-electron chi connectivity index (χ3n) is 2.58. The Morgan fingerprint density at radius 3 is 2.67 bits per heavy atom. The summed E-state index contributed by atoms with van der Waals surface area (Å²) < 4.78 is 13.0. The zero-order chi connectivity index (χ0) is 13.9. The van der Waals surface area contributed by atoms with Crippen LogP contribution in [0.1, 0.15) is 22.8 Å². The molecule has 0 aliphatic rings. The van der Waals surface area contributed by atoms with E-state index < -0.39 is 17.8 Å². The van der Waals surface area contributed by atoms with Crippen LogP contribution in [0.25, 0.3) is 0 Å². The molecule has 0 aliphatic carbocycles. The molecule has 0 fully saturated rings. The van der Waals surface area contributed by atoms with Crippen LogP contribution in [-0.4, -0.2) is 40.5 Å². The fraction of sp³-hybridized carbons (Fsp3) is 0.417. The number of halogens is 1. The topological polar surface area (TPSA) is 70.5 Å². The number of rotatable bonds is 4. The lowest BCUT2D eigenvalue weighted by molar-refractivity contribution is -0.141. The lowest BCUT2D eigenvalue weighted by atomic mass is 10.1. The van der Waals surface area contributed by atoms with E-state index in [1.54, 1.807) is 0 Å². The highest BCUT2D eigenvalue weighted by Crippen LogP contribution is 2.09. The molecule has 0 unspecified atom stereocenters. The van der Waals surface area contributed by atoms with Crippen molar-refractivity contribution in [3.63, 3.8) is 0 Å². The van der Waals surface area contributed by atoms with Gasteiger partial charge in [0.05, 0.1) is 11.5 Å². The van der Waals surface area contributed by atoms with Crippen LogP contribution in [0, 0.1) is 18.8 Å². The number of aryl methyl sites for hydroxylation is 1. The number of carbonyl (C=O) groups excluding carboxylic acids is 1. The van der Waals surface area contributed by atoms with Crippen molar-refractivity contribution in [3.05, 3.63) is 29.3 Å². The highest BCUT2D eigenvalue weighted by Gasteiger charge is 2.19. The molecule has 5 nitrogen and oxygen atoms in total. The van der Waals surface area contributed by atoms with Gasteiger partial charge in [0.15, 0.2) is 0 Å². The second-order valence-corrected chi connectivity index (χ2v) is 4.26. The van der Waals surface area contributed by atoms with Gasteiger partial charge in [0, 0.05) is 25.4 Å². The van der Waals surface area contributed by atoms with Gasteiger partial charge in [0.1, 0.15) is 0 Å². The Bertz CT molecular complexity index is 476. The van der Waals surface area contributed by atoms with Gasteiger partial charge in [-0.25, -0.2) is 4.98 Å². The number of hydrogen-bond donors (Lipinski definition) is 1. The van der Waals surface area contributed by atoms with E-state index in [9.17, 15) is 14.0 Å². The first-order chi connectivity index (χ1) is 8.32. The van der Waals surface area contributed by atoms with Crippen LogP contribution >= 0.6 is 0 Å². The summed E-state index contributed by atoms with van der Waals surface area (Å²) in [6.45, 7) is 3.11. The molecule has 1 aromatic rings. The Morgan fingerprint density at radius 2 is 2.17 bits per heavy atom. The summed E-state index contributed by atoms with van der Waals surface area (Å²) in [6, 6.07) is 1.40. The fourth-order valence-electron chi connectivity index (χ4n) is 1.47. The molecule has 0 saturated carbocycles. The normalized spacial score (nSPS) is 12.0. The molecule has 0 aliphatic heterocycles. The summed E-state index contributed by atoms with van der Waals surface area (Å²) in [5, 5.41) is 8.76. The molecule has 1 atom stereocenters. The summed E-state index contributed by atoms with van der Waals surface area (Å²) in [4.78, 5) is 27.4. The molecule has 0 saturated heterocycles. The third kappa shape index (κ3) is 3.26. The maximum absolute atomic E-state index is 13.0. The van der Waals surface area contributed by atoms with Gasteiger partial charge in [-0.1, -0.05) is 6.92 Å². The second-order valence-electron chi connectivity index (χ2n) is 4.26. The van der Waals surface area contributed by atoms with Crippen LogP contribution in [0.2, 0.25) is 0 Å². The van der Waals surface area contributed by atoms with Gasteiger partial charge in [0.25, 0.3) is 5.91 Å². The first-order valence-electron chi connectivity index (χ1n) is 5.43. The first kappa shape index (κ1) is 14.1. The number of carboxylic acid groups (broad SMARTS) is 1. The number of amides is 1. The smallest absolute Gasteiger partial charge is 0.308 e. The van der Waals surface area contributed by atoms with E-state index in [4.69, 9.17) is 5.11 Å². The number of pyridine rings is 1. The van der Waals surface area contributed by atoms with Crippen molar-refractivity contribution in [1.29, 1.82) is 0 Å². The van der Waals surface area contributed by atoms with Crippen molar-refractivity contribution in [2.24, 2.45) is 5.92 Å². The van der Waals surface area contributed by atoms with E-state index >= 15 is 0 Å². The molecular formula is C12H15FN2O3. The summed E-state index contributed by atoms with van der Waals surface area (Å²) in [6.07, 6.45) is 1.15. The number of carbonyl (C=O) groups is 2. The Hall–Kier alpha value is -1.98. The number of aromatic nitrogens is 1. The molecule has 1 aromatic heterocycles. The van der Waals surface area contributed by atoms with Crippen LogP contribution in [0.3, 0.4) is 0 Å². The average molecular weight is 254 g/mol. The maximum atomic E-state index is 13.0. The zero-order valence-corrected chi connectivity index (χ0v) is 10.5. The standard InChI is InChI=1S/C12H15FN2O3/c1-7-4-9(5-14-10(7)13)11(16)15(3)6-8(2)12(17)18/h4-5,8H,6H2,1-3H3,(H,17,18)/t8-/m1/s1. The van der Waals surface area contributed by atoms with Crippen molar-refractivity contribution in [2.75, 3.05) is 13.6 Å². The molecule has 0 aromatic carbocycles. The first-order valence-corrected chi connectivity index (χ1v) is 5.43. The SMILES string of the molecule is Cc1cc(C(=O)N(C)C[C@@H](C)C(=O)O)cnc1F. The predicted octanol–water partition coefficient (Wildman–Crippen LogP) is 1.32. The zero-order valence-electron chi connectivity index (χ0n) is 10.5. The summed E-state index contributed by atoms with van der Waals surface area (Å²) in [7, 11) is 1.50. The van der Waals surface area contributed by atoms with Gasteiger partial charge in [-0.05, 0) is 13.0 Å². The molecular weight excluding hydrogens is 239 g/mol. The molecule has 1 amide bonds. The van der Waals surface area contributed by atoms with E-state index in [1.807, 2.05) is 0 Å². The Morgan fingerprint density at radius 1 is 1.56 bits per heavy atom. The molecule has 98 valence electrons. The van der Waals surface area contributed by atoms with Gasteiger partial charge in [-0.2, -0.15) is 4.39 Å². The van der Waals surface area contributed by atoms with E-state index in [0.29, 0.717) is 0 Å². The van der Waals surface area contributed by atoms with E-state index in [-0.39, 0.29) is 23.6 Å². The number of carboxylic acids is 1. The lowest BCUT2D eigenvalue weighted by Crippen LogP contribution is -2.33. The van der Waals surface area contributed by atoms with Crippen LogP contribution in [-0.2, 0) is 4.79 Å². The summed E-state index contributed by atoms with van der Waals surface area (Å²) >= 11 is 0. The Labute approximate surface area is 104 Å². The van der Waals surface area contributed by atoms with Gasteiger partial charge >= 0.3 is 5.97 Å². The Balaban J connectivity index is 2.80. The lowest BCUT2D eigenvalue weighted by Gasteiger charge is -2.19. The van der Waals surface area contributed by atoms with Gasteiger partial charge in [0.2, 0.25) is 5.95 Å². The highest BCUT2D eigenvalue weighted by molar-refractivity contribution is 5.94. The minimum absolute atomic E-state index is 0.0879. The maximum Gasteiger partial charge on any atom is 0.308 e. The summed E-state index contributed by atoms with van der Waals surface area (Å²) in [5.41, 5.74) is 0.523. The van der Waals surface area contributed by atoms with Crippen molar-refractivity contribution >= 4 is 11.9 Å². The van der Waals surface area contributed by atoms with Crippen LogP contribution in [0.4, 0.5) is 4.39 Å². The highest BCUT2D eigenvalue weighted by atomic mass is 19.1. The molecule has 0 spiro atoms. The predicted molar refractivity (Wildman–Crippen MR) is 62.7 cm³/mol. The van der Waals surface area contributed by atoms with Crippen LogP contribution < -0.4 is 0 Å². The Kier molecular flexibility index (Phi) is 4.36. The largest absolute Gasteiger partial charge is 0.481 e. The van der Waals surface area contributed by atoms with Gasteiger partial charge in [-0.3, -0.25) is 9.59 Å². The second kappa shape index (κ2) is 5.57. The van der Waals surface area contributed by atoms with Crippen LogP contribution in [0.5, 0.6) is 0 Å². The minimum atomic E-state index is -0.969. The molecule has 1 heterocycles. The van der Waals surface area contributed by atoms with Gasteiger partial charge in [-0.15, -0.1) is 0 Å². The summed E-state index contributed by atoms with van der Waals surface area (Å²) in [5.74, 6) is -2.62. The molecule has 1 N–H and O–H groups in total. The number of aliphatic carboxylic acids is 1. The third-order valence-corrected chi connectivity index (χ3v) is 2.58. The minimum Gasteiger partial charge on any atom is -0.481 e. The van der Waals surface area contributed by atoms with Crippen molar-refractivity contribution < 1.29 is 19.1 Å². The van der Waals surface area contributed by atoms with E-state index in [1.165, 1.54) is 31.9 Å².